The zero-order valence-electron chi connectivity index (χ0n) is 13.8. The highest BCUT2D eigenvalue weighted by molar-refractivity contribution is 7.19. The van der Waals surface area contributed by atoms with Crippen LogP contribution < -0.4 is 9.67 Å². The summed E-state index contributed by atoms with van der Waals surface area (Å²) < 4.78 is 39.9. The third-order valence-electron chi connectivity index (χ3n) is 3.15. The van der Waals surface area contributed by atoms with Gasteiger partial charge in [-0.2, -0.15) is 18.3 Å². The van der Waals surface area contributed by atoms with E-state index in [0.717, 1.165) is 15.5 Å². The van der Waals surface area contributed by atoms with Gasteiger partial charge in [-0.25, -0.2) is 14.1 Å². The van der Waals surface area contributed by atoms with Crippen molar-refractivity contribution in [3.8, 4) is 10.6 Å². The number of ether oxygens (including phenoxy) is 1. The van der Waals surface area contributed by atoms with Gasteiger partial charge in [0.1, 0.15) is 17.4 Å². The van der Waals surface area contributed by atoms with Crippen LogP contribution in [0.25, 0.3) is 15.5 Å². The van der Waals surface area contributed by atoms with Gasteiger partial charge >= 0.3 is 12.1 Å². The molecular weight excluding hydrogens is 389 g/mol. The molecule has 0 aromatic carbocycles. The number of hydrogen-bond donors (Lipinski definition) is 0. The van der Waals surface area contributed by atoms with Gasteiger partial charge in [-0.3, -0.25) is 4.79 Å². The molecule has 0 saturated carbocycles. The van der Waals surface area contributed by atoms with Crippen molar-refractivity contribution in [3.05, 3.63) is 36.9 Å². The van der Waals surface area contributed by atoms with E-state index in [2.05, 4.69) is 14.8 Å². The average molecular weight is 402 g/mol. The van der Waals surface area contributed by atoms with Gasteiger partial charge < -0.3 is 14.6 Å². The van der Waals surface area contributed by atoms with Crippen LogP contribution in [0.5, 0.6) is 0 Å². The van der Waals surface area contributed by atoms with Crippen LogP contribution in [-0.4, -0.2) is 39.8 Å². The van der Waals surface area contributed by atoms with Crippen molar-refractivity contribution in [1.82, 2.24) is 14.6 Å². The number of nitrogens with zero attached hydrogens (tertiary/aromatic N) is 4. The molecule has 0 atom stereocenters. The number of hydrogen-bond acceptors (Lipinski definition) is 7. The highest BCUT2D eigenvalue weighted by Crippen LogP contribution is 2.23. The number of rotatable bonds is 4. The Morgan fingerprint density at radius 1 is 1.33 bits per heavy atom. The lowest BCUT2D eigenvalue weighted by Crippen LogP contribution is -2.37. The SMILES string of the molecule is COC(=O)CC[n+]1ccc(-c2nn3ccnc3s2)cc1.O=C([O-])C(F)(F)F. The fourth-order valence-electron chi connectivity index (χ4n) is 1.83. The summed E-state index contributed by atoms with van der Waals surface area (Å²) in [6.07, 6.45) is 2.60. The molecule has 0 saturated heterocycles. The summed E-state index contributed by atoms with van der Waals surface area (Å²) in [7, 11) is 1.40. The number of imidazole rings is 1. The van der Waals surface area contributed by atoms with Crippen molar-refractivity contribution in [2.45, 2.75) is 19.1 Å². The maximum atomic E-state index is 11.1. The highest BCUT2D eigenvalue weighted by Gasteiger charge is 2.28. The molecule has 0 N–H and O–H groups in total. The zero-order chi connectivity index (χ0) is 20.0. The molecule has 0 amide bonds. The topological polar surface area (TPSA) is 100 Å². The molecule has 0 unspecified atom stereocenters. The first kappa shape index (κ1) is 20.3. The first-order chi connectivity index (χ1) is 12.7. The minimum Gasteiger partial charge on any atom is -0.542 e. The normalized spacial score (nSPS) is 11.0. The fraction of sp³-hybridized carbons (Fsp3) is 0.267. The molecule has 0 bridgehead atoms. The van der Waals surface area contributed by atoms with E-state index < -0.39 is 12.1 Å². The number of carboxylic acids is 1. The summed E-state index contributed by atoms with van der Waals surface area (Å²) >= 11 is 1.54. The molecule has 3 heterocycles. The summed E-state index contributed by atoms with van der Waals surface area (Å²) in [5.74, 6) is -3.21. The Morgan fingerprint density at radius 2 is 1.96 bits per heavy atom. The number of esters is 1. The number of aryl methyl sites for hydroxylation is 1. The first-order valence-corrected chi connectivity index (χ1v) is 8.17. The largest absolute Gasteiger partial charge is 0.542 e. The van der Waals surface area contributed by atoms with E-state index in [1.165, 1.54) is 7.11 Å². The Labute approximate surface area is 154 Å². The van der Waals surface area contributed by atoms with E-state index in [-0.39, 0.29) is 5.97 Å². The van der Waals surface area contributed by atoms with Crippen LogP contribution in [0.2, 0.25) is 0 Å². The molecule has 0 radical (unpaired) electrons. The average Bonchev–Trinajstić information content (AvgIpc) is 3.21. The number of carbonyl (C=O) groups excluding carboxylic acids is 2. The standard InChI is InChI=1S/C13H13N4O2S.C2HF3O2/c1-19-11(18)4-8-16-6-2-10(3-7-16)12-15-17-9-5-14-13(17)20-12;3-2(4,5)1(6)7/h2-3,5-7,9H,4,8H2,1H3;(H,6,7)/q+1;/p-1. The van der Waals surface area contributed by atoms with Crippen LogP contribution in [0, 0.1) is 0 Å². The van der Waals surface area contributed by atoms with Gasteiger partial charge in [0.15, 0.2) is 18.9 Å². The number of carboxylic acid groups (broad SMARTS) is 1. The van der Waals surface area contributed by atoms with Crippen molar-refractivity contribution in [1.29, 1.82) is 0 Å². The molecule has 8 nitrogen and oxygen atoms in total. The molecule has 0 aliphatic carbocycles. The lowest BCUT2D eigenvalue weighted by Gasteiger charge is -2.03. The number of methoxy groups -OCH3 is 1. The number of aromatic nitrogens is 4. The Kier molecular flexibility index (Phi) is 6.45. The molecule has 0 aliphatic rings. The Morgan fingerprint density at radius 3 is 2.48 bits per heavy atom. The van der Waals surface area contributed by atoms with Crippen molar-refractivity contribution in [3.63, 3.8) is 0 Å². The van der Waals surface area contributed by atoms with E-state index in [1.807, 2.05) is 35.3 Å². The van der Waals surface area contributed by atoms with Crippen LogP contribution in [0.1, 0.15) is 6.42 Å². The van der Waals surface area contributed by atoms with Crippen LogP contribution >= 0.6 is 11.3 Å². The third-order valence-corrected chi connectivity index (χ3v) is 4.13. The molecule has 12 heteroatoms. The fourth-order valence-corrected chi connectivity index (χ4v) is 2.69. The lowest BCUT2D eigenvalue weighted by atomic mass is 10.3. The second-order valence-electron chi connectivity index (χ2n) is 5.00. The monoisotopic (exact) mass is 402 g/mol. The Bertz CT molecular complexity index is 893. The quantitative estimate of drug-likeness (QED) is 0.468. The third kappa shape index (κ3) is 5.74. The summed E-state index contributed by atoms with van der Waals surface area (Å²) in [5, 5.41) is 14.2. The molecule has 0 aliphatic heterocycles. The smallest absolute Gasteiger partial charge is 0.430 e. The second kappa shape index (κ2) is 8.58. The van der Waals surface area contributed by atoms with Crippen molar-refractivity contribution in [2.24, 2.45) is 0 Å². The number of alkyl halides is 3. The minimum atomic E-state index is -5.19. The molecule has 0 spiro atoms. The first-order valence-electron chi connectivity index (χ1n) is 7.35. The van der Waals surface area contributed by atoms with E-state index in [1.54, 1.807) is 22.0 Å². The van der Waals surface area contributed by atoms with Gasteiger partial charge in [-0.05, 0) is 0 Å². The van der Waals surface area contributed by atoms with Gasteiger partial charge in [0.25, 0.3) is 0 Å². The van der Waals surface area contributed by atoms with Gasteiger partial charge in [-0.1, -0.05) is 11.3 Å². The van der Waals surface area contributed by atoms with Crippen molar-refractivity contribution < 1.29 is 37.2 Å². The lowest BCUT2D eigenvalue weighted by molar-refractivity contribution is -0.695. The maximum Gasteiger partial charge on any atom is 0.430 e. The molecular formula is C15H13F3N4O4S. The number of carbonyl (C=O) groups is 2. The van der Waals surface area contributed by atoms with Crippen LogP contribution in [-0.2, 0) is 20.9 Å². The predicted octanol–water partition coefficient (Wildman–Crippen LogP) is 0.607. The molecule has 3 rings (SSSR count). The second-order valence-corrected chi connectivity index (χ2v) is 5.95. The van der Waals surface area contributed by atoms with Gasteiger partial charge in [0.05, 0.1) is 13.3 Å². The highest BCUT2D eigenvalue weighted by atomic mass is 32.1. The van der Waals surface area contributed by atoms with Crippen LogP contribution in [0.3, 0.4) is 0 Å². The molecule has 144 valence electrons. The number of halogens is 3. The summed E-state index contributed by atoms with van der Waals surface area (Å²) in [5.41, 5.74) is 1.04. The molecule has 3 aromatic heterocycles. The number of aliphatic carboxylic acids is 1. The summed E-state index contributed by atoms with van der Waals surface area (Å²) in [6.45, 7) is 0.605. The van der Waals surface area contributed by atoms with Crippen LogP contribution in [0.4, 0.5) is 13.2 Å². The molecule has 3 aromatic rings. The Hall–Kier alpha value is -3.02. The van der Waals surface area contributed by atoms with E-state index in [9.17, 15) is 18.0 Å². The molecule has 0 fully saturated rings. The maximum absolute atomic E-state index is 11.1. The van der Waals surface area contributed by atoms with Gasteiger partial charge in [0.2, 0.25) is 4.96 Å². The number of fused-ring (bicyclic) bond motifs is 1. The van der Waals surface area contributed by atoms with E-state index >= 15 is 0 Å². The predicted molar refractivity (Wildman–Crippen MR) is 84.2 cm³/mol. The van der Waals surface area contributed by atoms with Gasteiger partial charge in [0, 0.05) is 23.9 Å². The zero-order valence-corrected chi connectivity index (χ0v) is 14.7. The summed E-state index contributed by atoms with van der Waals surface area (Å²) in [6, 6.07) is 3.96. The summed E-state index contributed by atoms with van der Waals surface area (Å²) in [4.78, 5) is 25.0. The number of pyridine rings is 1. The van der Waals surface area contributed by atoms with Crippen molar-refractivity contribution >= 4 is 28.2 Å². The Balaban J connectivity index is 0.000000321. The molecule has 27 heavy (non-hydrogen) atoms. The van der Waals surface area contributed by atoms with Crippen molar-refractivity contribution in [2.75, 3.05) is 7.11 Å². The van der Waals surface area contributed by atoms with Gasteiger partial charge in [-0.15, -0.1) is 0 Å². The minimum absolute atomic E-state index is 0.206. The van der Waals surface area contributed by atoms with Crippen LogP contribution in [0.15, 0.2) is 36.9 Å². The van der Waals surface area contributed by atoms with E-state index in [4.69, 9.17) is 9.90 Å². The van der Waals surface area contributed by atoms with E-state index in [0.29, 0.717) is 13.0 Å².